The molecule has 1 aromatic heterocycles. The lowest BCUT2D eigenvalue weighted by atomic mass is 10.1. The van der Waals surface area contributed by atoms with Gasteiger partial charge in [0.15, 0.2) is 5.78 Å². The normalized spacial score (nSPS) is 12.0. The molecule has 4 aromatic rings. The molecule has 0 unspecified atom stereocenters. The van der Waals surface area contributed by atoms with Crippen molar-refractivity contribution in [3.63, 3.8) is 0 Å². The molecule has 0 amide bonds. The third-order valence-corrected chi connectivity index (χ3v) is 5.05. The number of aliphatic hydroxyl groups is 1. The van der Waals surface area contributed by atoms with E-state index >= 15 is 0 Å². The van der Waals surface area contributed by atoms with Gasteiger partial charge in [-0.25, -0.2) is 9.07 Å². The molecule has 0 saturated heterocycles. The summed E-state index contributed by atoms with van der Waals surface area (Å²) in [6.07, 6.45) is -1.02. The van der Waals surface area contributed by atoms with Crippen LogP contribution in [0.25, 0.3) is 22.0 Å². The second-order valence-corrected chi connectivity index (χ2v) is 7.44. The summed E-state index contributed by atoms with van der Waals surface area (Å²) < 4.78 is 20.2. The molecule has 7 heteroatoms. The molecule has 0 aliphatic rings. The predicted octanol–water partition coefficient (Wildman–Crippen LogP) is 3.85. The Morgan fingerprint density at radius 2 is 1.78 bits per heavy atom. The number of rotatable bonds is 7. The largest absolute Gasteiger partial charge is 0.491 e. The fourth-order valence-corrected chi connectivity index (χ4v) is 3.43. The second-order valence-electron chi connectivity index (χ2n) is 7.44. The summed E-state index contributed by atoms with van der Waals surface area (Å²) in [6, 6.07) is 19.6. The maximum Gasteiger partial charge on any atom is 0.274 e. The number of aliphatic hydroxyl groups excluding tert-OH is 1. The molecule has 6 nitrogen and oxygen atoms in total. The Hall–Kier alpha value is -3.84. The van der Waals surface area contributed by atoms with Gasteiger partial charge in [0.25, 0.3) is 5.56 Å². The molecule has 162 valence electrons. The smallest absolute Gasteiger partial charge is 0.274 e. The molecule has 1 N–H and O–H groups in total. The molecule has 0 bridgehead atoms. The molecular weight excluding hydrogens is 411 g/mol. The van der Waals surface area contributed by atoms with Crippen LogP contribution in [0, 0.1) is 5.82 Å². The number of ether oxygens (including phenoxy) is 1. The predicted molar refractivity (Wildman–Crippen MR) is 119 cm³/mol. The molecule has 0 fully saturated rings. The summed E-state index contributed by atoms with van der Waals surface area (Å²) in [5.74, 6) is -0.00778. The third kappa shape index (κ3) is 4.58. The Bertz CT molecular complexity index is 1330. The SMILES string of the molecule is CC(=O)c1cccc(OC[C@@H](O)Cn2nc(-c3ccc(F)cc3)c3ccccc3c2=O)c1. The minimum atomic E-state index is -1.02. The molecule has 0 spiro atoms. The van der Waals surface area contributed by atoms with Gasteiger partial charge in [0.05, 0.1) is 17.6 Å². The Morgan fingerprint density at radius 1 is 1.06 bits per heavy atom. The van der Waals surface area contributed by atoms with Crippen LogP contribution in [0.2, 0.25) is 0 Å². The highest BCUT2D eigenvalue weighted by atomic mass is 19.1. The van der Waals surface area contributed by atoms with E-state index in [2.05, 4.69) is 5.10 Å². The van der Waals surface area contributed by atoms with Crippen molar-refractivity contribution < 1.29 is 19.0 Å². The first-order valence-corrected chi connectivity index (χ1v) is 10.1. The van der Waals surface area contributed by atoms with Gasteiger partial charge in [-0.1, -0.05) is 30.3 Å². The van der Waals surface area contributed by atoms with E-state index in [1.54, 1.807) is 60.7 Å². The van der Waals surface area contributed by atoms with Gasteiger partial charge in [-0.3, -0.25) is 9.59 Å². The Morgan fingerprint density at radius 3 is 2.50 bits per heavy atom. The van der Waals surface area contributed by atoms with E-state index in [0.717, 1.165) is 0 Å². The van der Waals surface area contributed by atoms with Crippen molar-refractivity contribution in [1.82, 2.24) is 9.78 Å². The fourth-order valence-electron chi connectivity index (χ4n) is 3.43. The molecule has 1 heterocycles. The van der Waals surface area contributed by atoms with Gasteiger partial charge in [0.2, 0.25) is 0 Å². The van der Waals surface area contributed by atoms with Crippen molar-refractivity contribution in [2.45, 2.75) is 19.6 Å². The van der Waals surface area contributed by atoms with E-state index in [4.69, 9.17) is 4.74 Å². The van der Waals surface area contributed by atoms with Gasteiger partial charge in [-0.2, -0.15) is 5.10 Å². The van der Waals surface area contributed by atoms with Crippen molar-refractivity contribution in [2.75, 3.05) is 6.61 Å². The molecule has 0 saturated carbocycles. The summed E-state index contributed by atoms with van der Waals surface area (Å²) in [5, 5.41) is 16.0. The van der Waals surface area contributed by atoms with Crippen molar-refractivity contribution in [1.29, 1.82) is 0 Å². The van der Waals surface area contributed by atoms with Crippen LogP contribution in [-0.2, 0) is 6.54 Å². The van der Waals surface area contributed by atoms with Crippen LogP contribution >= 0.6 is 0 Å². The number of carbonyl (C=O) groups is 1. The van der Waals surface area contributed by atoms with E-state index in [0.29, 0.717) is 33.3 Å². The Labute approximate surface area is 183 Å². The van der Waals surface area contributed by atoms with Crippen LogP contribution in [0.4, 0.5) is 4.39 Å². The number of hydrogen-bond acceptors (Lipinski definition) is 5. The highest BCUT2D eigenvalue weighted by molar-refractivity contribution is 5.94. The lowest BCUT2D eigenvalue weighted by Crippen LogP contribution is -2.32. The third-order valence-electron chi connectivity index (χ3n) is 5.05. The molecule has 4 rings (SSSR count). The van der Waals surface area contributed by atoms with Gasteiger partial charge in [0, 0.05) is 16.5 Å². The van der Waals surface area contributed by atoms with Gasteiger partial charge in [-0.05, 0) is 49.4 Å². The number of fused-ring (bicyclic) bond motifs is 1. The van der Waals surface area contributed by atoms with Crippen LogP contribution in [0.15, 0.2) is 77.6 Å². The average molecular weight is 432 g/mol. The van der Waals surface area contributed by atoms with Crippen LogP contribution < -0.4 is 10.3 Å². The molecule has 32 heavy (non-hydrogen) atoms. The second kappa shape index (κ2) is 9.11. The summed E-state index contributed by atoms with van der Waals surface area (Å²) in [7, 11) is 0. The molecule has 3 aromatic carbocycles. The summed E-state index contributed by atoms with van der Waals surface area (Å²) in [6.45, 7) is 1.28. The number of nitrogens with zero attached hydrogens (tertiary/aromatic N) is 2. The van der Waals surface area contributed by atoms with Crippen LogP contribution in [-0.4, -0.2) is 33.4 Å². The number of ketones is 1. The molecule has 0 aliphatic carbocycles. The summed E-state index contributed by atoms with van der Waals surface area (Å²) in [5.41, 5.74) is 1.34. The van der Waals surface area contributed by atoms with Crippen LogP contribution in [0.1, 0.15) is 17.3 Å². The number of benzene rings is 3. The maximum absolute atomic E-state index is 13.4. The minimum absolute atomic E-state index is 0.0868. The van der Waals surface area contributed by atoms with E-state index in [1.165, 1.54) is 23.7 Å². The van der Waals surface area contributed by atoms with E-state index in [1.807, 2.05) is 0 Å². The van der Waals surface area contributed by atoms with Crippen molar-refractivity contribution in [3.05, 3.63) is 94.5 Å². The zero-order valence-corrected chi connectivity index (χ0v) is 17.4. The van der Waals surface area contributed by atoms with Gasteiger partial charge >= 0.3 is 0 Å². The monoisotopic (exact) mass is 432 g/mol. The van der Waals surface area contributed by atoms with Gasteiger partial charge in [-0.15, -0.1) is 0 Å². The molecule has 1 atom stereocenters. The van der Waals surface area contributed by atoms with Crippen molar-refractivity contribution >= 4 is 16.6 Å². The first kappa shape index (κ1) is 21.4. The zero-order chi connectivity index (χ0) is 22.7. The Balaban J connectivity index is 1.60. The highest BCUT2D eigenvalue weighted by Gasteiger charge is 2.15. The van der Waals surface area contributed by atoms with E-state index in [9.17, 15) is 19.1 Å². The highest BCUT2D eigenvalue weighted by Crippen LogP contribution is 2.25. The zero-order valence-electron chi connectivity index (χ0n) is 17.4. The van der Waals surface area contributed by atoms with Crippen molar-refractivity contribution in [3.8, 4) is 17.0 Å². The molecule has 0 radical (unpaired) electrons. The minimum Gasteiger partial charge on any atom is -0.491 e. The van der Waals surface area contributed by atoms with E-state index < -0.39 is 6.10 Å². The molecular formula is C25H21FN2O4. The summed E-state index contributed by atoms with van der Waals surface area (Å²) in [4.78, 5) is 24.5. The van der Waals surface area contributed by atoms with E-state index in [-0.39, 0.29) is 30.3 Å². The quantitative estimate of drug-likeness (QED) is 0.449. The average Bonchev–Trinajstić information content (AvgIpc) is 2.80. The first-order valence-electron chi connectivity index (χ1n) is 10.1. The number of hydrogen-bond donors (Lipinski definition) is 1. The van der Waals surface area contributed by atoms with Crippen molar-refractivity contribution in [2.24, 2.45) is 0 Å². The first-order chi connectivity index (χ1) is 15.4. The van der Waals surface area contributed by atoms with Crippen LogP contribution in [0.5, 0.6) is 5.75 Å². The van der Waals surface area contributed by atoms with Gasteiger partial charge < -0.3 is 9.84 Å². The number of aromatic nitrogens is 2. The number of Topliss-reactive ketones (excluding diaryl/α,β-unsaturated/α-hetero) is 1. The van der Waals surface area contributed by atoms with Crippen LogP contribution in [0.3, 0.4) is 0 Å². The standard InChI is InChI=1S/C25H21FN2O4/c1-16(29)18-5-4-6-21(13-18)32-15-20(30)14-28-25(31)23-8-3-2-7-22(23)24(27-28)17-9-11-19(26)12-10-17/h2-13,20,30H,14-15H2,1H3/t20-/m0/s1. The number of carbonyl (C=O) groups excluding carboxylic acids is 1. The Kier molecular flexibility index (Phi) is 6.09. The lowest BCUT2D eigenvalue weighted by Gasteiger charge is -2.16. The summed E-state index contributed by atoms with van der Waals surface area (Å²) >= 11 is 0. The number of halogens is 1. The molecule has 0 aliphatic heterocycles. The fraction of sp³-hybridized carbons (Fsp3) is 0.160. The lowest BCUT2D eigenvalue weighted by molar-refractivity contribution is 0.0881. The maximum atomic E-state index is 13.4. The van der Waals surface area contributed by atoms with Gasteiger partial charge in [0.1, 0.15) is 24.3 Å². The topological polar surface area (TPSA) is 81.4 Å².